The Morgan fingerprint density at radius 2 is 1.82 bits per heavy atom. The Balaban J connectivity index is 2.44. The molecule has 0 aromatic heterocycles. The number of rotatable bonds is 5. The second-order valence-electron chi connectivity index (χ2n) is 6.47. The van der Waals surface area contributed by atoms with Gasteiger partial charge in [-0.3, -0.25) is 4.90 Å². The van der Waals surface area contributed by atoms with Gasteiger partial charge < -0.3 is 15.8 Å². The number of alkyl carbamates (subject to hydrolysis) is 1. The summed E-state index contributed by atoms with van der Waals surface area (Å²) in [6.45, 7) is 8.27. The predicted octanol–water partition coefficient (Wildman–Crippen LogP) is -0.584. The van der Waals surface area contributed by atoms with Gasteiger partial charge in [0, 0.05) is 45.3 Å². The van der Waals surface area contributed by atoms with E-state index in [0.717, 1.165) is 0 Å². The lowest BCUT2D eigenvalue weighted by atomic mass is 10.2. The van der Waals surface area contributed by atoms with E-state index in [9.17, 15) is 13.2 Å². The van der Waals surface area contributed by atoms with Crippen LogP contribution in [-0.2, 0) is 14.8 Å². The minimum absolute atomic E-state index is 0.0331. The molecule has 1 unspecified atom stereocenters. The first kappa shape index (κ1) is 19.1. The quantitative estimate of drug-likeness (QED) is 0.696. The first-order valence-corrected chi connectivity index (χ1v) is 9.24. The number of nitrogens with two attached hydrogens (primary N) is 1. The van der Waals surface area contributed by atoms with Crippen molar-refractivity contribution < 1.29 is 17.9 Å². The molecule has 1 aliphatic rings. The highest BCUT2D eigenvalue weighted by atomic mass is 32.2. The maximum atomic E-state index is 11.7. The second-order valence-corrected chi connectivity index (χ2v) is 8.45. The van der Waals surface area contributed by atoms with Crippen molar-refractivity contribution in [2.75, 3.05) is 45.5 Å². The fraction of sp³-hybridized carbons (Fsp3) is 0.923. The summed E-state index contributed by atoms with van der Waals surface area (Å²) in [5, 5.41) is 2.71. The Labute approximate surface area is 133 Å². The van der Waals surface area contributed by atoms with Crippen molar-refractivity contribution in [3.8, 4) is 0 Å². The molecule has 0 bridgehead atoms. The molecule has 0 aromatic rings. The van der Waals surface area contributed by atoms with Gasteiger partial charge in [0.2, 0.25) is 10.0 Å². The third-order valence-corrected chi connectivity index (χ3v) is 4.71. The summed E-state index contributed by atoms with van der Waals surface area (Å²) < 4.78 is 29.6. The molecule has 1 heterocycles. The smallest absolute Gasteiger partial charge is 0.407 e. The number of carbonyl (C=O) groups is 1. The highest BCUT2D eigenvalue weighted by Crippen LogP contribution is 2.09. The van der Waals surface area contributed by atoms with Gasteiger partial charge >= 0.3 is 6.09 Å². The van der Waals surface area contributed by atoms with E-state index < -0.39 is 21.7 Å². The summed E-state index contributed by atoms with van der Waals surface area (Å²) in [6, 6.07) is -0.0331. The van der Waals surface area contributed by atoms with Gasteiger partial charge in [0.15, 0.2) is 0 Å². The number of nitrogens with zero attached hydrogens (tertiary/aromatic N) is 2. The molecule has 1 aliphatic heterocycles. The van der Waals surface area contributed by atoms with Crippen LogP contribution < -0.4 is 11.1 Å². The van der Waals surface area contributed by atoms with Gasteiger partial charge in [-0.1, -0.05) is 0 Å². The number of piperazine rings is 1. The normalized spacial score (nSPS) is 19.7. The molecule has 130 valence electrons. The number of amides is 1. The summed E-state index contributed by atoms with van der Waals surface area (Å²) in [5.74, 6) is 0. The van der Waals surface area contributed by atoms with Gasteiger partial charge in [-0.15, -0.1) is 0 Å². The van der Waals surface area contributed by atoms with Crippen molar-refractivity contribution in [3.05, 3.63) is 0 Å². The molecule has 0 aliphatic carbocycles. The first-order valence-electron chi connectivity index (χ1n) is 7.39. The van der Waals surface area contributed by atoms with Gasteiger partial charge in [-0.2, -0.15) is 4.31 Å². The second kappa shape index (κ2) is 7.58. The van der Waals surface area contributed by atoms with Crippen LogP contribution in [0.4, 0.5) is 4.79 Å². The van der Waals surface area contributed by atoms with E-state index in [-0.39, 0.29) is 6.04 Å². The number of ether oxygens (including phenoxy) is 1. The maximum Gasteiger partial charge on any atom is 0.407 e. The number of nitrogens with one attached hydrogen (secondary N) is 1. The van der Waals surface area contributed by atoms with E-state index in [1.807, 2.05) is 0 Å². The molecule has 1 saturated heterocycles. The van der Waals surface area contributed by atoms with E-state index >= 15 is 0 Å². The molecule has 1 rings (SSSR count). The molecule has 8 nitrogen and oxygen atoms in total. The molecule has 1 fully saturated rings. The fourth-order valence-corrected chi connectivity index (χ4v) is 3.10. The Morgan fingerprint density at radius 3 is 2.23 bits per heavy atom. The molecule has 0 saturated carbocycles. The van der Waals surface area contributed by atoms with E-state index in [1.165, 1.54) is 10.6 Å². The van der Waals surface area contributed by atoms with Crippen molar-refractivity contribution in [2.45, 2.75) is 32.4 Å². The first-order chi connectivity index (χ1) is 10.0. The van der Waals surface area contributed by atoms with Crippen molar-refractivity contribution in [2.24, 2.45) is 5.73 Å². The zero-order chi connectivity index (χ0) is 17.0. The Kier molecular flexibility index (Phi) is 6.60. The lowest BCUT2D eigenvalue weighted by Crippen LogP contribution is -2.56. The van der Waals surface area contributed by atoms with E-state index in [1.54, 1.807) is 20.8 Å². The summed E-state index contributed by atoms with van der Waals surface area (Å²) in [4.78, 5) is 13.8. The minimum atomic E-state index is -3.14. The van der Waals surface area contributed by atoms with Crippen LogP contribution in [0.15, 0.2) is 0 Å². The highest BCUT2D eigenvalue weighted by Gasteiger charge is 2.27. The summed E-state index contributed by atoms with van der Waals surface area (Å²) in [5.41, 5.74) is 5.23. The van der Waals surface area contributed by atoms with Crippen LogP contribution in [-0.4, -0.2) is 80.9 Å². The Bertz CT molecular complexity index is 467. The fourth-order valence-electron chi connectivity index (χ4n) is 2.28. The third-order valence-electron chi connectivity index (χ3n) is 3.41. The van der Waals surface area contributed by atoms with Crippen LogP contribution in [0.3, 0.4) is 0 Å². The average molecular weight is 336 g/mol. The van der Waals surface area contributed by atoms with E-state index in [4.69, 9.17) is 10.5 Å². The SMILES string of the molecule is CC(C)(C)OC(=O)NCC(CN)N1CCN(S(C)(=O)=O)CC1. The van der Waals surface area contributed by atoms with Crippen LogP contribution in [0.1, 0.15) is 20.8 Å². The number of sulfonamides is 1. The highest BCUT2D eigenvalue weighted by molar-refractivity contribution is 7.88. The molecule has 22 heavy (non-hydrogen) atoms. The van der Waals surface area contributed by atoms with E-state index in [0.29, 0.717) is 39.3 Å². The van der Waals surface area contributed by atoms with Gasteiger partial charge in [0.1, 0.15) is 5.60 Å². The summed E-state index contributed by atoms with van der Waals surface area (Å²) in [7, 11) is -3.14. The topological polar surface area (TPSA) is 105 Å². The summed E-state index contributed by atoms with van der Waals surface area (Å²) >= 11 is 0. The largest absolute Gasteiger partial charge is 0.444 e. The molecule has 0 spiro atoms. The van der Waals surface area contributed by atoms with Crippen LogP contribution in [0.25, 0.3) is 0 Å². The van der Waals surface area contributed by atoms with Crippen LogP contribution in [0, 0.1) is 0 Å². The molecule has 0 radical (unpaired) electrons. The number of hydrogen-bond acceptors (Lipinski definition) is 6. The van der Waals surface area contributed by atoms with Crippen molar-refractivity contribution in [1.29, 1.82) is 0 Å². The van der Waals surface area contributed by atoms with Crippen LogP contribution in [0.5, 0.6) is 0 Å². The van der Waals surface area contributed by atoms with Gasteiger partial charge in [0.05, 0.1) is 6.26 Å². The zero-order valence-corrected chi connectivity index (χ0v) is 14.6. The summed E-state index contributed by atoms with van der Waals surface area (Å²) in [6.07, 6.45) is 0.744. The lowest BCUT2D eigenvalue weighted by molar-refractivity contribution is 0.0500. The maximum absolute atomic E-state index is 11.7. The Morgan fingerprint density at radius 1 is 1.27 bits per heavy atom. The third kappa shape index (κ3) is 6.47. The molecular weight excluding hydrogens is 308 g/mol. The average Bonchev–Trinajstić information content (AvgIpc) is 2.37. The Hall–Kier alpha value is -0.900. The molecule has 3 N–H and O–H groups in total. The molecule has 1 amide bonds. The monoisotopic (exact) mass is 336 g/mol. The van der Waals surface area contributed by atoms with E-state index in [2.05, 4.69) is 10.2 Å². The lowest BCUT2D eigenvalue weighted by Gasteiger charge is -2.38. The predicted molar refractivity (Wildman–Crippen MR) is 85.1 cm³/mol. The van der Waals surface area contributed by atoms with Gasteiger partial charge in [-0.25, -0.2) is 13.2 Å². The van der Waals surface area contributed by atoms with Crippen molar-refractivity contribution >= 4 is 16.1 Å². The van der Waals surface area contributed by atoms with Gasteiger partial charge in [-0.05, 0) is 20.8 Å². The van der Waals surface area contributed by atoms with Crippen molar-refractivity contribution in [3.63, 3.8) is 0 Å². The molecule has 9 heteroatoms. The van der Waals surface area contributed by atoms with Crippen LogP contribution in [0.2, 0.25) is 0 Å². The van der Waals surface area contributed by atoms with Crippen LogP contribution >= 0.6 is 0 Å². The molecule has 0 aromatic carbocycles. The minimum Gasteiger partial charge on any atom is -0.444 e. The number of hydrogen-bond donors (Lipinski definition) is 2. The van der Waals surface area contributed by atoms with Gasteiger partial charge in [0.25, 0.3) is 0 Å². The number of carbonyl (C=O) groups excluding carboxylic acids is 1. The molecular formula is C13H28N4O4S. The zero-order valence-electron chi connectivity index (χ0n) is 13.8. The van der Waals surface area contributed by atoms with Crippen molar-refractivity contribution in [1.82, 2.24) is 14.5 Å². The standard InChI is InChI=1S/C13H28N4O4S/c1-13(2,3)21-12(18)15-10-11(9-14)16-5-7-17(8-6-16)22(4,19)20/h11H,5-10,14H2,1-4H3,(H,15,18). The molecule has 1 atom stereocenters.